The zero-order valence-corrected chi connectivity index (χ0v) is 19.1. The quantitative estimate of drug-likeness (QED) is 0.303. The summed E-state index contributed by atoms with van der Waals surface area (Å²) in [5.41, 5.74) is 3.56. The molecule has 2 unspecified atom stereocenters. The molecule has 2 nitrogen and oxygen atoms in total. The Morgan fingerprint density at radius 2 is 1.09 bits per heavy atom. The summed E-state index contributed by atoms with van der Waals surface area (Å²) in [6.07, 6.45) is 0. The standard InChI is InChI=1S/C31H28N2/c1-22(26-18-10-14-24-12-6-8-16-28(24)26)32-30-20-4-3-5-21-31(30)33-23(2)27-19-11-15-25-13-7-9-17-29(25)27/h3-23H,1-2H3,(H,32,33). The Morgan fingerprint density at radius 3 is 1.82 bits per heavy atom. The van der Waals surface area contributed by atoms with E-state index in [1.165, 1.54) is 32.7 Å². The third-order valence-electron chi connectivity index (χ3n) is 6.28. The Labute approximate surface area is 195 Å². The van der Waals surface area contributed by atoms with E-state index in [2.05, 4.69) is 134 Å². The fourth-order valence-electron chi connectivity index (χ4n) is 4.60. The van der Waals surface area contributed by atoms with Gasteiger partial charge in [-0.05, 0) is 58.7 Å². The Kier molecular flexibility index (Phi) is 5.91. The van der Waals surface area contributed by atoms with Gasteiger partial charge in [0, 0.05) is 6.04 Å². The topological polar surface area (TPSA) is 24.4 Å². The molecule has 2 heteroatoms. The smallest absolute Gasteiger partial charge is 0.0813 e. The summed E-state index contributed by atoms with van der Waals surface area (Å²) in [5, 5.41) is 9.75. The summed E-state index contributed by atoms with van der Waals surface area (Å²) < 4.78 is 0. The lowest BCUT2D eigenvalue weighted by Gasteiger charge is -2.18. The van der Waals surface area contributed by atoms with E-state index >= 15 is 0 Å². The fraction of sp³-hybridized carbons (Fsp3) is 0.129. The van der Waals surface area contributed by atoms with Crippen molar-refractivity contribution in [2.24, 2.45) is 4.99 Å². The Morgan fingerprint density at radius 1 is 0.545 bits per heavy atom. The Balaban J connectivity index is 1.54. The van der Waals surface area contributed by atoms with Gasteiger partial charge < -0.3 is 5.32 Å². The molecule has 0 heterocycles. The summed E-state index contributed by atoms with van der Waals surface area (Å²) in [4.78, 5) is 5.17. The maximum Gasteiger partial charge on any atom is 0.0813 e. The van der Waals surface area contributed by atoms with Crippen molar-refractivity contribution in [1.29, 1.82) is 0 Å². The molecule has 0 aromatic heterocycles. The summed E-state index contributed by atoms with van der Waals surface area (Å²) >= 11 is 0. The molecule has 0 aliphatic heterocycles. The molecule has 0 fully saturated rings. The predicted molar refractivity (Wildman–Crippen MR) is 140 cm³/mol. The molecule has 0 radical (unpaired) electrons. The van der Waals surface area contributed by atoms with Gasteiger partial charge in [0.1, 0.15) is 0 Å². The van der Waals surface area contributed by atoms with E-state index < -0.39 is 0 Å². The van der Waals surface area contributed by atoms with Gasteiger partial charge in [0.2, 0.25) is 0 Å². The molecule has 5 aromatic carbocycles. The van der Waals surface area contributed by atoms with Crippen molar-refractivity contribution in [1.82, 2.24) is 0 Å². The summed E-state index contributed by atoms with van der Waals surface area (Å²) in [6, 6.07) is 40.6. The monoisotopic (exact) mass is 428 g/mol. The first-order valence-electron chi connectivity index (χ1n) is 11.6. The van der Waals surface area contributed by atoms with E-state index in [0.717, 1.165) is 11.0 Å². The number of hydrogen-bond acceptors (Lipinski definition) is 2. The van der Waals surface area contributed by atoms with Gasteiger partial charge in [-0.3, -0.25) is 4.99 Å². The number of nitrogens with one attached hydrogen (secondary N) is 1. The lowest BCUT2D eigenvalue weighted by Crippen LogP contribution is -2.15. The van der Waals surface area contributed by atoms with Crippen molar-refractivity contribution in [2.45, 2.75) is 25.9 Å². The lowest BCUT2D eigenvalue weighted by molar-refractivity contribution is 0.795. The molecule has 0 spiro atoms. The van der Waals surface area contributed by atoms with Crippen molar-refractivity contribution < 1.29 is 0 Å². The molecule has 2 atom stereocenters. The lowest BCUT2D eigenvalue weighted by atomic mass is 9.99. The van der Waals surface area contributed by atoms with Crippen molar-refractivity contribution in [3.8, 4) is 0 Å². The molecular formula is C31H28N2. The number of benzene rings is 4. The van der Waals surface area contributed by atoms with Crippen LogP contribution < -0.4 is 10.7 Å². The average Bonchev–Trinajstić information content (AvgIpc) is 3.08. The van der Waals surface area contributed by atoms with Gasteiger partial charge in [0.05, 0.1) is 17.1 Å². The second-order valence-corrected chi connectivity index (χ2v) is 8.52. The minimum atomic E-state index is 0.0342. The van der Waals surface area contributed by atoms with Crippen LogP contribution in [0.5, 0.6) is 0 Å². The average molecular weight is 429 g/mol. The molecule has 5 rings (SSSR count). The van der Waals surface area contributed by atoms with Crippen LogP contribution in [-0.2, 0) is 0 Å². The highest BCUT2D eigenvalue weighted by Gasteiger charge is 2.11. The number of fused-ring (bicyclic) bond motifs is 2. The molecule has 0 aliphatic carbocycles. The van der Waals surface area contributed by atoms with E-state index in [0.29, 0.717) is 0 Å². The predicted octanol–water partition coefficient (Wildman–Crippen LogP) is 7.83. The Bertz CT molecular complexity index is 1480. The van der Waals surface area contributed by atoms with Crippen LogP contribution in [0, 0.1) is 0 Å². The van der Waals surface area contributed by atoms with E-state index in [1.807, 2.05) is 0 Å². The number of hydrogen-bond donors (Lipinski definition) is 1. The van der Waals surface area contributed by atoms with Gasteiger partial charge >= 0.3 is 0 Å². The van der Waals surface area contributed by atoms with Crippen LogP contribution >= 0.6 is 0 Å². The molecule has 5 aromatic rings. The van der Waals surface area contributed by atoms with Crippen LogP contribution in [0.25, 0.3) is 21.5 Å². The second-order valence-electron chi connectivity index (χ2n) is 8.52. The molecule has 0 amide bonds. The molecular weight excluding hydrogens is 400 g/mol. The summed E-state index contributed by atoms with van der Waals surface area (Å²) in [6.45, 7) is 4.39. The summed E-state index contributed by atoms with van der Waals surface area (Å²) in [7, 11) is 0. The van der Waals surface area contributed by atoms with Crippen LogP contribution in [0.2, 0.25) is 0 Å². The van der Waals surface area contributed by atoms with Crippen LogP contribution in [0.1, 0.15) is 37.1 Å². The first-order valence-corrected chi connectivity index (χ1v) is 11.6. The highest BCUT2D eigenvalue weighted by Crippen LogP contribution is 2.28. The molecule has 0 saturated carbocycles. The van der Waals surface area contributed by atoms with Crippen LogP contribution in [0.15, 0.2) is 120 Å². The van der Waals surface area contributed by atoms with Gasteiger partial charge in [-0.1, -0.05) is 103 Å². The normalized spacial score (nSPS) is 13.7. The van der Waals surface area contributed by atoms with Crippen LogP contribution in [0.3, 0.4) is 0 Å². The first kappa shape index (κ1) is 21.0. The number of anilines is 1. The molecule has 0 aliphatic rings. The third-order valence-corrected chi connectivity index (χ3v) is 6.28. The fourth-order valence-corrected chi connectivity index (χ4v) is 4.60. The third kappa shape index (κ3) is 4.38. The van der Waals surface area contributed by atoms with E-state index in [4.69, 9.17) is 4.99 Å². The van der Waals surface area contributed by atoms with Gasteiger partial charge in [0.25, 0.3) is 0 Å². The highest BCUT2D eigenvalue weighted by atomic mass is 14.9. The molecule has 33 heavy (non-hydrogen) atoms. The zero-order chi connectivity index (χ0) is 22.6. The van der Waals surface area contributed by atoms with Crippen molar-refractivity contribution in [2.75, 3.05) is 5.32 Å². The van der Waals surface area contributed by atoms with E-state index in [1.54, 1.807) is 0 Å². The molecule has 1 N–H and O–H groups in total. The molecule has 0 bridgehead atoms. The second kappa shape index (κ2) is 9.30. The van der Waals surface area contributed by atoms with E-state index in [-0.39, 0.29) is 12.1 Å². The molecule has 0 saturated heterocycles. The maximum atomic E-state index is 5.17. The van der Waals surface area contributed by atoms with Crippen molar-refractivity contribution >= 4 is 27.2 Å². The minimum absolute atomic E-state index is 0.0342. The van der Waals surface area contributed by atoms with E-state index in [9.17, 15) is 0 Å². The van der Waals surface area contributed by atoms with Crippen LogP contribution in [0.4, 0.5) is 5.69 Å². The van der Waals surface area contributed by atoms with Gasteiger partial charge in [-0.25, -0.2) is 0 Å². The Hall–Kier alpha value is -3.91. The minimum Gasteiger partial charge on any atom is -0.377 e. The SMILES string of the molecule is CC(N=c1cccccc1NC(C)c1cccc2ccccc12)c1cccc2ccccc12. The zero-order valence-electron chi connectivity index (χ0n) is 19.1. The largest absolute Gasteiger partial charge is 0.377 e. The van der Waals surface area contributed by atoms with Gasteiger partial charge in [0.15, 0.2) is 0 Å². The highest BCUT2D eigenvalue weighted by molar-refractivity contribution is 5.87. The maximum absolute atomic E-state index is 5.17. The van der Waals surface area contributed by atoms with Gasteiger partial charge in [-0.2, -0.15) is 0 Å². The van der Waals surface area contributed by atoms with Crippen molar-refractivity contribution in [3.63, 3.8) is 0 Å². The van der Waals surface area contributed by atoms with Crippen LogP contribution in [-0.4, -0.2) is 0 Å². The molecule has 162 valence electrons. The first-order chi connectivity index (χ1) is 16.2. The van der Waals surface area contributed by atoms with Gasteiger partial charge in [-0.15, -0.1) is 0 Å². The number of nitrogens with zero attached hydrogens (tertiary/aromatic N) is 1. The van der Waals surface area contributed by atoms with Crippen molar-refractivity contribution in [3.05, 3.63) is 132 Å². The number of rotatable bonds is 5. The summed E-state index contributed by atoms with van der Waals surface area (Å²) in [5.74, 6) is 0.